The Morgan fingerprint density at radius 2 is 1.40 bits per heavy atom. The molecule has 5 fully saturated rings. The summed E-state index contributed by atoms with van der Waals surface area (Å²) in [5, 5.41) is 3.22. The van der Waals surface area contributed by atoms with Crippen LogP contribution in [0.2, 0.25) is 0 Å². The molecule has 0 spiro atoms. The molecular formula is C33H58N4O3. The van der Waals surface area contributed by atoms with Gasteiger partial charge < -0.3 is 16.0 Å². The second-order valence-electron chi connectivity index (χ2n) is 13.9. The average molecular weight is 559 g/mol. The molecule has 7 heteroatoms. The molecule has 40 heavy (non-hydrogen) atoms. The van der Waals surface area contributed by atoms with Gasteiger partial charge in [0.25, 0.3) is 5.91 Å². The third kappa shape index (κ3) is 8.45. The molecule has 5 rings (SSSR count). The fourth-order valence-electron chi connectivity index (χ4n) is 8.76. The minimum Gasteiger partial charge on any atom is -0.352 e. The van der Waals surface area contributed by atoms with Gasteiger partial charge in [-0.15, -0.1) is 0 Å². The van der Waals surface area contributed by atoms with E-state index in [0.717, 1.165) is 51.4 Å². The molecule has 1 heterocycles. The average Bonchev–Trinajstić information content (AvgIpc) is 3.19. The number of hydrogen-bond acceptors (Lipinski definition) is 4. The summed E-state index contributed by atoms with van der Waals surface area (Å²) >= 11 is 0. The Labute approximate surface area is 243 Å². The largest absolute Gasteiger partial charge is 0.352 e. The quantitative estimate of drug-likeness (QED) is 0.131. The fraction of sp³-hybridized carbons (Fsp3) is 0.909. The van der Waals surface area contributed by atoms with Crippen LogP contribution < -0.4 is 11.1 Å². The van der Waals surface area contributed by atoms with Crippen molar-refractivity contribution in [3.8, 4) is 0 Å². The molecule has 3 N–H and O–H groups in total. The van der Waals surface area contributed by atoms with E-state index in [9.17, 15) is 14.4 Å². The molecule has 1 saturated heterocycles. The zero-order valence-electron chi connectivity index (χ0n) is 25.5. The van der Waals surface area contributed by atoms with Crippen LogP contribution in [0, 0.1) is 17.8 Å². The topological polar surface area (TPSA) is 95.7 Å². The van der Waals surface area contributed by atoms with E-state index in [4.69, 9.17) is 5.73 Å². The second-order valence-corrected chi connectivity index (χ2v) is 13.9. The lowest BCUT2D eigenvalue weighted by Gasteiger charge is -2.58. The van der Waals surface area contributed by atoms with Crippen LogP contribution >= 0.6 is 0 Å². The highest BCUT2D eigenvalue weighted by atomic mass is 16.2. The smallest absolute Gasteiger partial charge is 0.327 e. The first-order chi connectivity index (χ1) is 19.4. The molecule has 1 atom stereocenters. The monoisotopic (exact) mass is 558 g/mol. The molecular weight excluding hydrogens is 500 g/mol. The van der Waals surface area contributed by atoms with E-state index in [1.165, 1.54) is 77.0 Å². The highest BCUT2D eigenvalue weighted by Crippen LogP contribution is 2.58. The van der Waals surface area contributed by atoms with E-state index in [2.05, 4.69) is 12.2 Å². The minimum absolute atomic E-state index is 0.0278. The zero-order valence-corrected chi connectivity index (χ0v) is 25.5. The fourth-order valence-corrected chi connectivity index (χ4v) is 8.76. The maximum Gasteiger partial charge on any atom is 0.327 e. The molecule has 4 aliphatic carbocycles. The van der Waals surface area contributed by atoms with Crippen LogP contribution in [-0.4, -0.2) is 58.9 Å². The minimum atomic E-state index is -0.245. The number of nitrogens with two attached hydrogens (primary N) is 1. The molecule has 4 saturated carbocycles. The lowest BCUT2D eigenvalue weighted by Crippen LogP contribution is -2.62. The van der Waals surface area contributed by atoms with Gasteiger partial charge in [0.1, 0.15) is 6.54 Å². The summed E-state index contributed by atoms with van der Waals surface area (Å²) in [5.41, 5.74) is 5.49. The highest BCUT2D eigenvalue weighted by molar-refractivity contribution is 6.03. The van der Waals surface area contributed by atoms with Crippen LogP contribution in [-0.2, 0) is 9.59 Å². The molecule has 1 unspecified atom stereocenters. The number of unbranched alkanes of at least 4 members (excludes halogenated alkanes) is 11. The SMILES string of the molecule is CCCCCCCCCCCCCC(=O)NC(CCCCN)CN1CC(=O)N(C23CC4CC(CC(C4)C2)C3)C1=O. The van der Waals surface area contributed by atoms with Crippen LogP contribution in [0.5, 0.6) is 0 Å². The Morgan fingerprint density at radius 1 is 0.850 bits per heavy atom. The number of rotatable bonds is 20. The molecule has 4 amide bonds. The van der Waals surface area contributed by atoms with Crippen molar-refractivity contribution in [2.24, 2.45) is 23.5 Å². The maximum atomic E-state index is 13.7. The molecule has 7 nitrogen and oxygen atoms in total. The number of amides is 4. The van der Waals surface area contributed by atoms with Gasteiger partial charge in [0.2, 0.25) is 5.91 Å². The van der Waals surface area contributed by atoms with Gasteiger partial charge in [0, 0.05) is 19.0 Å². The zero-order chi connectivity index (χ0) is 28.4. The third-order valence-electron chi connectivity index (χ3n) is 10.3. The predicted octanol–water partition coefficient (Wildman–Crippen LogP) is 6.53. The van der Waals surface area contributed by atoms with E-state index in [1.807, 2.05) is 0 Å². The molecule has 0 aromatic heterocycles. The molecule has 4 bridgehead atoms. The van der Waals surface area contributed by atoms with E-state index in [0.29, 0.717) is 37.3 Å². The number of imide groups is 1. The first kappa shape index (κ1) is 31.3. The van der Waals surface area contributed by atoms with E-state index < -0.39 is 0 Å². The van der Waals surface area contributed by atoms with Crippen molar-refractivity contribution < 1.29 is 14.4 Å². The van der Waals surface area contributed by atoms with Gasteiger partial charge in [-0.1, -0.05) is 77.6 Å². The Kier molecular flexibility index (Phi) is 12.2. The van der Waals surface area contributed by atoms with Crippen LogP contribution in [0.25, 0.3) is 0 Å². The van der Waals surface area contributed by atoms with Gasteiger partial charge >= 0.3 is 6.03 Å². The Morgan fingerprint density at radius 3 is 1.95 bits per heavy atom. The van der Waals surface area contributed by atoms with Gasteiger partial charge in [0.15, 0.2) is 0 Å². The third-order valence-corrected chi connectivity index (χ3v) is 10.3. The molecule has 5 aliphatic rings. The normalized spacial score (nSPS) is 28.1. The van der Waals surface area contributed by atoms with E-state index >= 15 is 0 Å². The van der Waals surface area contributed by atoms with Gasteiger partial charge in [-0.2, -0.15) is 0 Å². The molecule has 1 aliphatic heterocycles. The van der Waals surface area contributed by atoms with Gasteiger partial charge in [-0.25, -0.2) is 4.79 Å². The summed E-state index contributed by atoms with van der Waals surface area (Å²) in [6, 6.07) is -0.241. The standard InChI is InChI=1S/C33H58N4O3/c1-2-3-4-5-6-7-8-9-10-11-12-16-30(38)35-29(15-13-14-17-34)24-36-25-31(39)37(32(36)40)33-21-26-18-27(22-33)20-28(19-26)23-33/h26-29H,2-25,34H2,1H3,(H,35,38). The number of hydrogen-bond donors (Lipinski definition) is 2. The first-order valence-electron chi connectivity index (χ1n) is 17.1. The Balaban J connectivity index is 1.19. The van der Waals surface area contributed by atoms with Crippen molar-refractivity contribution in [2.45, 2.75) is 153 Å². The Hall–Kier alpha value is -1.63. The predicted molar refractivity (Wildman–Crippen MR) is 161 cm³/mol. The summed E-state index contributed by atoms with van der Waals surface area (Å²) < 4.78 is 0. The summed E-state index contributed by atoms with van der Waals surface area (Å²) in [6.07, 6.45) is 23.9. The summed E-state index contributed by atoms with van der Waals surface area (Å²) in [7, 11) is 0. The number of carbonyl (C=O) groups is 3. The summed E-state index contributed by atoms with van der Waals surface area (Å²) in [5.74, 6) is 2.09. The van der Waals surface area contributed by atoms with Crippen molar-refractivity contribution >= 4 is 17.8 Å². The van der Waals surface area contributed by atoms with Crippen molar-refractivity contribution in [1.82, 2.24) is 15.1 Å². The van der Waals surface area contributed by atoms with Crippen LogP contribution in [0.15, 0.2) is 0 Å². The number of urea groups is 1. The van der Waals surface area contributed by atoms with Crippen LogP contribution in [0.4, 0.5) is 4.79 Å². The van der Waals surface area contributed by atoms with Crippen molar-refractivity contribution in [3.63, 3.8) is 0 Å². The molecule has 228 valence electrons. The second kappa shape index (κ2) is 15.6. The number of carbonyl (C=O) groups excluding carboxylic acids is 3. The maximum absolute atomic E-state index is 13.7. The summed E-state index contributed by atoms with van der Waals surface area (Å²) in [4.78, 5) is 43.2. The number of nitrogens with one attached hydrogen (secondary N) is 1. The van der Waals surface area contributed by atoms with Gasteiger partial charge in [-0.3, -0.25) is 14.5 Å². The molecule has 0 aromatic carbocycles. The van der Waals surface area contributed by atoms with Gasteiger partial charge in [0.05, 0.1) is 5.54 Å². The summed E-state index contributed by atoms with van der Waals surface area (Å²) in [6.45, 7) is 3.46. The van der Waals surface area contributed by atoms with Crippen LogP contribution in [0.3, 0.4) is 0 Å². The highest BCUT2D eigenvalue weighted by Gasteiger charge is 2.58. The van der Waals surface area contributed by atoms with Crippen molar-refractivity contribution in [1.29, 1.82) is 0 Å². The lowest BCUT2D eigenvalue weighted by molar-refractivity contribution is -0.138. The molecule has 0 radical (unpaired) electrons. The van der Waals surface area contributed by atoms with Crippen LogP contribution in [0.1, 0.15) is 142 Å². The van der Waals surface area contributed by atoms with Crippen molar-refractivity contribution in [3.05, 3.63) is 0 Å². The lowest BCUT2D eigenvalue weighted by atomic mass is 9.52. The first-order valence-corrected chi connectivity index (χ1v) is 17.1. The van der Waals surface area contributed by atoms with E-state index in [1.54, 1.807) is 9.80 Å². The van der Waals surface area contributed by atoms with Gasteiger partial charge in [-0.05, 0) is 82.1 Å². The molecule has 0 aromatic rings. The Bertz CT molecular complexity index is 795. The van der Waals surface area contributed by atoms with E-state index in [-0.39, 0.29) is 36.0 Å². The number of nitrogens with zero attached hydrogens (tertiary/aromatic N) is 2. The van der Waals surface area contributed by atoms with Crippen molar-refractivity contribution in [2.75, 3.05) is 19.6 Å².